The number of hydrogen-bond acceptors (Lipinski definition) is 1. The van der Waals surface area contributed by atoms with Crippen molar-refractivity contribution in [2.24, 2.45) is 35.5 Å². The standard InChI is InChI=1S/C16H22O/c1-5-10-9-11(6-2)15-13(8-4)16(17)12(7-3)14(10)15/h5-8,10-17H,1-4,9H2/t10-,11+,12+,13-,14-,15+,16?. The Kier molecular flexibility index (Phi) is 3.39. The van der Waals surface area contributed by atoms with Crippen LogP contribution in [-0.2, 0) is 0 Å². The number of rotatable bonds is 4. The molecule has 0 aliphatic heterocycles. The Bertz CT molecular complexity index is 311. The molecule has 17 heavy (non-hydrogen) atoms. The van der Waals surface area contributed by atoms with E-state index in [1.165, 1.54) is 0 Å². The number of allylic oxidation sites excluding steroid dienone is 2. The molecule has 92 valence electrons. The van der Waals surface area contributed by atoms with Gasteiger partial charge in [-0.25, -0.2) is 0 Å². The summed E-state index contributed by atoms with van der Waals surface area (Å²) < 4.78 is 0. The highest BCUT2D eigenvalue weighted by molar-refractivity contribution is 5.18. The first-order valence-corrected chi connectivity index (χ1v) is 6.37. The summed E-state index contributed by atoms with van der Waals surface area (Å²) in [4.78, 5) is 0. The molecule has 2 fully saturated rings. The van der Waals surface area contributed by atoms with Gasteiger partial charge in [0.05, 0.1) is 6.10 Å². The molecule has 1 N–H and O–H groups in total. The van der Waals surface area contributed by atoms with E-state index in [1.54, 1.807) is 0 Å². The minimum atomic E-state index is -0.342. The summed E-state index contributed by atoms with van der Waals surface area (Å²) in [5.74, 6) is 2.15. The van der Waals surface area contributed by atoms with E-state index in [4.69, 9.17) is 0 Å². The largest absolute Gasteiger partial charge is 0.392 e. The highest BCUT2D eigenvalue weighted by Gasteiger charge is 2.55. The van der Waals surface area contributed by atoms with Crippen molar-refractivity contribution >= 4 is 0 Å². The van der Waals surface area contributed by atoms with Crippen LogP contribution in [0.4, 0.5) is 0 Å². The summed E-state index contributed by atoms with van der Waals surface area (Å²) in [7, 11) is 0. The van der Waals surface area contributed by atoms with Gasteiger partial charge in [0.15, 0.2) is 0 Å². The Balaban J connectivity index is 2.40. The molecule has 0 amide bonds. The molecule has 0 aromatic heterocycles. The molecule has 1 heteroatoms. The maximum Gasteiger partial charge on any atom is 0.0671 e. The molecular weight excluding hydrogens is 208 g/mol. The fourth-order valence-electron chi connectivity index (χ4n) is 4.10. The molecule has 2 saturated carbocycles. The number of hydrogen-bond donors (Lipinski definition) is 1. The van der Waals surface area contributed by atoms with Crippen LogP contribution in [0.25, 0.3) is 0 Å². The highest BCUT2D eigenvalue weighted by Crippen LogP contribution is 2.57. The Hall–Kier alpha value is -1.08. The third-order valence-corrected chi connectivity index (χ3v) is 4.80. The predicted molar refractivity (Wildman–Crippen MR) is 72.4 cm³/mol. The monoisotopic (exact) mass is 230 g/mol. The summed E-state index contributed by atoms with van der Waals surface area (Å²) in [5, 5.41) is 10.4. The molecule has 0 saturated heterocycles. The third kappa shape index (κ3) is 1.64. The SMILES string of the molecule is C=C[C@@H]1C[C@H](C=C)[C@@H]2[C@H]1[C@H](C=C)C(O)[C@@H]2C=C. The van der Waals surface area contributed by atoms with Gasteiger partial charge in [-0.15, -0.1) is 26.3 Å². The minimum absolute atomic E-state index is 0.163. The van der Waals surface area contributed by atoms with Gasteiger partial charge < -0.3 is 5.11 Å². The van der Waals surface area contributed by atoms with Crippen LogP contribution in [0.15, 0.2) is 50.6 Å². The Morgan fingerprint density at radius 2 is 1.18 bits per heavy atom. The Morgan fingerprint density at radius 3 is 1.47 bits per heavy atom. The van der Waals surface area contributed by atoms with Crippen LogP contribution in [0.1, 0.15) is 6.42 Å². The van der Waals surface area contributed by atoms with E-state index < -0.39 is 0 Å². The van der Waals surface area contributed by atoms with Gasteiger partial charge in [0.2, 0.25) is 0 Å². The number of fused-ring (bicyclic) bond motifs is 1. The molecule has 2 aliphatic rings. The molecular formula is C16H22O. The first-order valence-electron chi connectivity index (χ1n) is 6.37. The van der Waals surface area contributed by atoms with Gasteiger partial charge in [-0.3, -0.25) is 0 Å². The zero-order chi connectivity index (χ0) is 12.6. The molecule has 2 rings (SSSR count). The lowest BCUT2D eigenvalue weighted by molar-refractivity contribution is 0.106. The molecule has 0 bridgehead atoms. The minimum Gasteiger partial charge on any atom is -0.392 e. The second-order valence-corrected chi connectivity index (χ2v) is 5.31. The van der Waals surface area contributed by atoms with E-state index in [0.717, 1.165) is 6.42 Å². The molecule has 0 aromatic carbocycles. The molecule has 0 spiro atoms. The van der Waals surface area contributed by atoms with E-state index in [1.807, 2.05) is 24.3 Å². The zero-order valence-electron chi connectivity index (χ0n) is 10.3. The van der Waals surface area contributed by atoms with Crippen LogP contribution < -0.4 is 0 Å². The lowest BCUT2D eigenvalue weighted by atomic mass is 9.82. The summed E-state index contributed by atoms with van der Waals surface area (Å²) in [6, 6.07) is 0. The van der Waals surface area contributed by atoms with Crippen LogP contribution in [0.3, 0.4) is 0 Å². The summed E-state index contributed by atoms with van der Waals surface area (Å²) in [6.45, 7) is 15.7. The third-order valence-electron chi connectivity index (χ3n) is 4.80. The molecule has 2 aliphatic carbocycles. The van der Waals surface area contributed by atoms with Crippen LogP contribution in [-0.4, -0.2) is 11.2 Å². The second-order valence-electron chi connectivity index (χ2n) is 5.31. The van der Waals surface area contributed by atoms with Crippen molar-refractivity contribution < 1.29 is 5.11 Å². The predicted octanol–water partition coefficient (Wildman–Crippen LogP) is 3.21. The van der Waals surface area contributed by atoms with Gasteiger partial charge in [-0.05, 0) is 30.1 Å². The summed E-state index contributed by atoms with van der Waals surface area (Å²) in [6.07, 6.45) is 8.65. The molecule has 1 unspecified atom stereocenters. The van der Waals surface area contributed by atoms with Crippen molar-refractivity contribution in [3.8, 4) is 0 Å². The van der Waals surface area contributed by atoms with Gasteiger partial charge in [-0.2, -0.15) is 0 Å². The van der Waals surface area contributed by atoms with Gasteiger partial charge in [-0.1, -0.05) is 24.3 Å². The van der Waals surface area contributed by atoms with Crippen LogP contribution in [0.5, 0.6) is 0 Å². The van der Waals surface area contributed by atoms with E-state index >= 15 is 0 Å². The fourth-order valence-corrected chi connectivity index (χ4v) is 4.10. The smallest absolute Gasteiger partial charge is 0.0671 e. The van der Waals surface area contributed by atoms with E-state index in [2.05, 4.69) is 26.3 Å². The zero-order valence-corrected chi connectivity index (χ0v) is 10.3. The van der Waals surface area contributed by atoms with Crippen LogP contribution in [0.2, 0.25) is 0 Å². The average Bonchev–Trinajstić information content (AvgIpc) is 2.83. The van der Waals surface area contributed by atoms with Crippen LogP contribution in [0, 0.1) is 35.5 Å². The van der Waals surface area contributed by atoms with Crippen molar-refractivity contribution in [2.75, 3.05) is 0 Å². The number of aliphatic hydroxyl groups is 1. The van der Waals surface area contributed by atoms with Gasteiger partial charge in [0.1, 0.15) is 0 Å². The second kappa shape index (κ2) is 4.66. The molecule has 0 heterocycles. The Labute approximate surface area is 104 Å². The first-order chi connectivity index (χ1) is 8.19. The number of aliphatic hydroxyl groups excluding tert-OH is 1. The highest BCUT2D eigenvalue weighted by atomic mass is 16.3. The van der Waals surface area contributed by atoms with Crippen molar-refractivity contribution in [3.63, 3.8) is 0 Å². The topological polar surface area (TPSA) is 20.2 Å². The fraction of sp³-hybridized carbons (Fsp3) is 0.500. The maximum atomic E-state index is 10.4. The van der Waals surface area contributed by atoms with Crippen molar-refractivity contribution in [1.29, 1.82) is 0 Å². The lowest BCUT2D eigenvalue weighted by Gasteiger charge is -2.21. The summed E-state index contributed by atoms with van der Waals surface area (Å²) in [5.41, 5.74) is 0. The quantitative estimate of drug-likeness (QED) is 0.735. The van der Waals surface area contributed by atoms with Crippen molar-refractivity contribution in [1.82, 2.24) is 0 Å². The Morgan fingerprint density at radius 1 is 0.765 bits per heavy atom. The molecule has 7 atom stereocenters. The van der Waals surface area contributed by atoms with E-state index in [9.17, 15) is 5.11 Å². The lowest BCUT2D eigenvalue weighted by Crippen LogP contribution is -2.24. The normalized spacial score (nSPS) is 48.4. The van der Waals surface area contributed by atoms with E-state index in [0.29, 0.717) is 23.7 Å². The first kappa shape index (κ1) is 12.4. The maximum absolute atomic E-state index is 10.4. The van der Waals surface area contributed by atoms with Gasteiger partial charge >= 0.3 is 0 Å². The van der Waals surface area contributed by atoms with E-state index in [-0.39, 0.29) is 17.9 Å². The van der Waals surface area contributed by atoms with Gasteiger partial charge in [0, 0.05) is 11.8 Å². The van der Waals surface area contributed by atoms with Crippen LogP contribution >= 0.6 is 0 Å². The molecule has 0 aromatic rings. The molecule has 1 nitrogen and oxygen atoms in total. The average molecular weight is 230 g/mol. The summed E-state index contributed by atoms with van der Waals surface area (Å²) >= 11 is 0. The van der Waals surface area contributed by atoms with Crippen molar-refractivity contribution in [2.45, 2.75) is 12.5 Å². The molecule has 0 radical (unpaired) electrons. The van der Waals surface area contributed by atoms with Crippen molar-refractivity contribution in [3.05, 3.63) is 50.6 Å². The van der Waals surface area contributed by atoms with Gasteiger partial charge in [0.25, 0.3) is 0 Å².